The minimum absolute atomic E-state index is 0. The summed E-state index contributed by atoms with van der Waals surface area (Å²) < 4.78 is 8.57. The second-order valence-corrected chi connectivity index (χ2v) is 4.63. The summed E-state index contributed by atoms with van der Waals surface area (Å²) in [5, 5.41) is 14.4. The molecule has 0 aliphatic heterocycles. The highest BCUT2D eigenvalue weighted by molar-refractivity contribution is 5.72. The minimum atomic E-state index is -0.833. The molecule has 0 aliphatic carbocycles. The molecular formula is C19H41N2O6+. The highest BCUT2D eigenvalue weighted by Crippen LogP contribution is 1.87. The van der Waals surface area contributed by atoms with Gasteiger partial charge in [0.25, 0.3) is 5.97 Å². The van der Waals surface area contributed by atoms with Crippen molar-refractivity contribution in [2.75, 3.05) is 7.11 Å². The Kier molecular flexibility index (Phi) is 41.5. The number of Topliss-reactive ketones (excluding diaryl/α,β-unsaturated/α-hetero) is 1. The van der Waals surface area contributed by atoms with Crippen molar-refractivity contribution in [2.45, 2.75) is 62.9 Å². The first-order valence-corrected chi connectivity index (χ1v) is 7.38. The lowest BCUT2D eigenvalue weighted by molar-refractivity contribution is -0.671. The fourth-order valence-electron chi connectivity index (χ4n) is 0.934. The lowest BCUT2D eigenvalue weighted by atomic mass is 10.6. The molecule has 0 aromatic carbocycles. The molecule has 0 amide bonds. The van der Waals surface area contributed by atoms with Crippen LogP contribution in [0.3, 0.4) is 0 Å². The van der Waals surface area contributed by atoms with Crippen LogP contribution >= 0.6 is 0 Å². The number of allylic oxidation sites excluding steroid dienone is 1. The second kappa shape index (κ2) is 28.3. The minimum Gasteiger partial charge on any atom is -0.481 e. The molecular weight excluding hydrogens is 352 g/mol. The van der Waals surface area contributed by atoms with E-state index in [1.54, 1.807) is 6.92 Å². The number of esters is 1. The van der Waals surface area contributed by atoms with Gasteiger partial charge in [0.1, 0.15) is 18.2 Å². The Hall–Kier alpha value is -2.48. The molecule has 0 radical (unpaired) electrons. The highest BCUT2D eigenvalue weighted by Gasteiger charge is 1.92. The molecule has 1 heterocycles. The van der Waals surface area contributed by atoms with Gasteiger partial charge in [-0.05, 0) is 27.7 Å². The van der Waals surface area contributed by atoms with Gasteiger partial charge in [-0.25, -0.2) is 9.13 Å². The van der Waals surface area contributed by atoms with Gasteiger partial charge in [0, 0.05) is 21.0 Å². The van der Waals surface area contributed by atoms with Crippen molar-refractivity contribution in [1.82, 2.24) is 4.57 Å². The standard InChI is InChI=1S/C6H11N2.C5H8O2.C3H6O.C2H4O2.CH4O.2CH4/c1-3-8-5-4-7(2)6-8;1-4(2)7-5(3)6;1-3(2)4;1-2(3)4;1-2;;/h4-6H,3H2,1-2H3;1H2,2-3H3;1-2H3;1H3,(H,3,4);2H,1H3;2*1H4/q+1;;;;;;. The molecule has 162 valence electrons. The molecule has 0 atom stereocenters. The summed E-state index contributed by atoms with van der Waals surface area (Å²) in [6.45, 7) is 13.6. The van der Waals surface area contributed by atoms with Crippen LogP contribution in [0.4, 0.5) is 0 Å². The highest BCUT2D eigenvalue weighted by atomic mass is 16.5. The Bertz CT molecular complexity index is 464. The Balaban J connectivity index is -0.0000000537. The number of hydrogen-bond donors (Lipinski definition) is 2. The smallest absolute Gasteiger partial charge is 0.307 e. The van der Waals surface area contributed by atoms with Gasteiger partial charge in [0.05, 0.1) is 19.4 Å². The number of ketones is 1. The van der Waals surface area contributed by atoms with Crippen LogP contribution in [0.25, 0.3) is 0 Å². The number of rotatable bonds is 2. The predicted octanol–water partition coefficient (Wildman–Crippen LogP) is 2.98. The number of aromatic nitrogens is 2. The number of aliphatic carboxylic acids is 1. The molecule has 0 saturated heterocycles. The van der Waals surface area contributed by atoms with Crippen LogP contribution in [-0.4, -0.2) is 39.6 Å². The van der Waals surface area contributed by atoms with Gasteiger partial charge in [-0.3, -0.25) is 9.59 Å². The number of carboxylic acid groups (broad SMARTS) is 1. The number of imidazole rings is 1. The number of hydrogen-bond acceptors (Lipinski definition) is 5. The number of aryl methyl sites for hydroxylation is 2. The maximum absolute atomic E-state index is 9.97. The molecule has 2 N–H and O–H groups in total. The number of carboxylic acids is 1. The van der Waals surface area contributed by atoms with Crippen molar-refractivity contribution in [3.05, 3.63) is 31.1 Å². The quantitative estimate of drug-likeness (QED) is 0.454. The first kappa shape index (κ1) is 39.5. The zero-order chi connectivity index (χ0) is 21.0. The molecule has 27 heavy (non-hydrogen) atoms. The van der Waals surface area contributed by atoms with Crippen LogP contribution in [0.5, 0.6) is 0 Å². The molecule has 0 unspecified atom stereocenters. The summed E-state index contributed by atoms with van der Waals surface area (Å²) in [6, 6.07) is 0. The Labute approximate surface area is 165 Å². The van der Waals surface area contributed by atoms with Gasteiger partial charge < -0.3 is 19.7 Å². The van der Waals surface area contributed by atoms with E-state index in [9.17, 15) is 9.59 Å². The van der Waals surface area contributed by atoms with Gasteiger partial charge in [0.15, 0.2) is 0 Å². The summed E-state index contributed by atoms with van der Waals surface area (Å²) in [5.74, 6) is -0.542. The maximum Gasteiger partial charge on any atom is 0.307 e. The predicted molar refractivity (Wildman–Crippen MR) is 109 cm³/mol. The largest absolute Gasteiger partial charge is 0.481 e. The van der Waals surface area contributed by atoms with Gasteiger partial charge in [-0.1, -0.05) is 21.4 Å². The summed E-state index contributed by atoms with van der Waals surface area (Å²) in [5.41, 5.74) is 0. The van der Waals surface area contributed by atoms with E-state index in [0.29, 0.717) is 5.76 Å². The Morgan fingerprint density at radius 1 is 1.07 bits per heavy atom. The van der Waals surface area contributed by atoms with Gasteiger partial charge in [0.2, 0.25) is 6.33 Å². The summed E-state index contributed by atoms with van der Waals surface area (Å²) >= 11 is 0. The van der Waals surface area contributed by atoms with E-state index < -0.39 is 5.97 Å². The zero-order valence-corrected chi connectivity index (χ0v) is 16.6. The number of aliphatic hydroxyl groups is 1. The average Bonchev–Trinajstić information content (AvgIpc) is 2.85. The molecule has 1 rings (SSSR count). The SMILES string of the molecule is C.C.C=C(C)OC(C)=O.CC(=O)O.CC(C)=O.CCn1cc[n+](C)c1.CO. The molecule has 1 aromatic rings. The Morgan fingerprint density at radius 3 is 1.48 bits per heavy atom. The van der Waals surface area contributed by atoms with Crippen molar-refractivity contribution in [2.24, 2.45) is 7.05 Å². The van der Waals surface area contributed by atoms with Crippen molar-refractivity contribution in [3.8, 4) is 0 Å². The number of carbonyl (C=O) groups excluding carboxylic acids is 2. The lowest BCUT2D eigenvalue weighted by Gasteiger charge is -1.93. The van der Waals surface area contributed by atoms with E-state index in [-0.39, 0.29) is 26.6 Å². The monoisotopic (exact) mass is 393 g/mol. The lowest BCUT2D eigenvalue weighted by Crippen LogP contribution is -2.23. The fourth-order valence-corrected chi connectivity index (χ4v) is 0.934. The number of nitrogens with zero attached hydrogens (tertiary/aromatic N) is 2. The van der Waals surface area contributed by atoms with E-state index in [0.717, 1.165) is 20.6 Å². The first-order valence-electron chi connectivity index (χ1n) is 7.38. The van der Waals surface area contributed by atoms with Gasteiger partial charge >= 0.3 is 5.97 Å². The summed E-state index contributed by atoms with van der Waals surface area (Å²) in [7, 11) is 3.02. The van der Waals surface area contributed by atoms with E-state index in [2.05, 4.69) is 35.3 Å². The van der Waals surface area contributed by atoms with Crippen molar-refractivity contribution >= 4 is 17.7 Å². The van der Waals surface area contributed by atoms with Crippen molar-refractivity contribution < 1.29 is 33.9 Å². The third-order valence-electron chi connectivity index (χ3n) is 1.51. The van der Waals surface area contributed by atoms with Crippen LogP contribution in [0.15, 0.2) is 31.1 Å². The summed E-state index contributed by atoms with van der Waals surface area (Å²) in [4.78, 5) is 28.4. The van der Waals surface area contributed by atoms with Crippen LogP contribution < -0.4 is 4.57 Å². The molecule has 0 saturated carbocycles. The summed E-state index contributed by atoms with van der Waals surface area (Å²) in [6.07, 6.45) is 6.14. The topological polar surface area (TPSA) is 110 Å². The van der Waals surface area contributed by atoms with Crippen LogP contribution in [0.1, 0.15) is 56.4 Å². The van der Waals surface area contributed by atoms with Crippen molar-refractivity contribution in [1.29, 1.82) is 0 Å². The first-order chi connectivity index (χ1) is 11.4. The molecule has 8 nitrogen and oxygen atoms in total. The van der Waals surface area contributed by atoms with Crippen LogP contribution in [-0.2, 0) is 32.7 Å². The van der Waals surface area contributed by atoms with E-state index >= 15 is 0 Å². The molecule has 0 fully saturated rings. The third kappa shape index (κ3) is 69.5. The van der Waals surface area contributed by atoms with E-state index in [4.69, 9.17) is 15.0 Å². The Morgan fingerprint density at radius 2 is 1.41 bits per heavy atom. The van der Waals surface area contributed by atoms with Crippen molar-refractivity contribution in [3.63, 3.8) is 0 Å². The maximum atomic E-state index is 9.97. The normalized spacial score (nSPS) is 7.00. The molecule has 0 bridgehead atoms. The van der Waals surface area contributed by atoms with Gasteiger partial charge in [-0.15, -0.1) is 0 Å². The molecule has 0 aliphatic rings. The second-order valence-electron chi connectivity index (χ2n) is 4.63. The number of aliphatic hydroxyl groups excluding tert-OH is 1. The molecule has 0 spiro atoms. The van der Waals surface area contributed by atoms with Crippen LogP contribution in [0, 0.1) is 0 Å². The molecule has 8 heteroatoms. The zero-order valence-electron chi connectivity index (χ0n) is 16.6. The van der Waals surface area contributed by atoms with Crippen LogP contribution in [0.2, 0.25) is 0 Å². The fraction of sp³-hybridized carbons (Fsp3) is 0.579. The van der Waals surface area contributed by atoms with E-state index in [1.807, 2.05) is 17.8 Å². The van der Waals surface area contributed by atoms with E-state index in [1.165, 1.54) is 20.8 Å². The number of carbonyl (C=O) groups is 3. The average molecular weight is 394 g/mol. The number of ether oxygens (including phenoxy) is 1. The third-order valence-corrected chi connectivity index (χ3v) is 1.51. The van der Waals surface area contributed by atoms with Gasteiger partial charge in [-0.2, -0.15) is 0 Å². The molecule has 1 aromatic heterocycles.